The van der Waals surface area contributed by atoms with Crippen LogP contribution in [0.5, 0.6) is 11.5 Å². The molecule has 0 saturated carbocycles. The van der Waals surface area contributed by atoms with Gasteiger partial charge in [0.25, 0.3) is 0 Å². The van der Waals surface area contributed by atoms with Crippen molar-refractivity contribution in [2.24, 2.45) is 0 Å². The second-order valence-corrected chi connectivity index (χ2v) is 6.60. The standard InChI is InChI=1S/C16H14BrN3O4/c1-6-11-12(8-3-7(17)4-10(23-2)14(8)21)13-9(5-24-16(13)22)18-15(11)20-19-6/h3-4,12,21H,5H2,1-2H3,(H2,18,19,20). The summed E-state index contributed by atoms with van der Waals surface area (Å²) in [4.78, 5) is 12.3. The van der Waals surface area contributed by atoms with Gasteiger partial charge in [-0.25, -0.2) is 4.79 Å². The molecule has 0 amide bonds. The molecule has 3 N–H and O–H groups in total. The molecule has 0 fully saturated rings. The third-order valence-electron chi connectivity index (χ3n) is 4.33. The molecule has 4 rings (SSSR count). The maximum Gasteiger partial charge on any atom is 0.337 e. The first kappa shape index (κ1) is 15.1. The second kappa shape index (κ2) is 5.27. The minimum atomic E-state index is -0.489. The third kappa shape index (κ3) is 2.02. The Labute approximate surface area is 145 Å². The highest BCUT2D eigenvalue weighted by molar-refractivity contribution is 9.10. The van der Waals surface area contributed by atoms with E-state index in [-0.39, 0.29) is 12.4 Å². The van der Waals surface area contributed by atoms with Crippen molar-refractivity contribution >= 4 is 27.7 Å². The summed E-state index contributed by atoms with van der Waals surface area (Å²) in [5, 5.41) is 21.0. The highest BCUT2D eigenvalue weighted by Gasteiger charge is 2.42. The summed E-state index contributed by atoms with van der Waals surface area (Å²) in [6, 6.07) is 3.45. The third-order valence-corrected chi connectivity index (χ3v) is 4.79. The molecule has 0 radical (unpaired) electrons. The molecule has 3 heterocycles. The fourth-order valence-electron chi connectivity index (χ4n) is 3.27. The largest absolute Gasteiger partial charge is 0.504 e. The van der Waals surface area contributed by atoms with Crippen LogP contribution >= 0.6 is 15.9 Å². The van der Waals surface area contributed by atoms with Crippen molar-refractivity contribution in [1.82, 2.24) is 10.2 Å². The van der Waals surface area contributed by atoms with Crippen LogP contribution in [0, 0.1) is 6.92 Å². The number of H-pyrrole nitrogens is 1. The van der Waals surface area contributed by atoms with Crippen LogP contribution in [-0.4, -0.2) is 35.0 Å². The zero-order valence-electron chi connectivity index (χ0n) is 12.9. The number of aromatic amines is 1. The molecule has 1 atom stereocenters. The number of hydrogen-bond acceptors (Lipinski definition) is 6. The molecule has 124 valence electrons. The number of ether oxygens (including phenoxy) is 2. The van der Waals surface area contributed by atoms with Gasteiger partial charge in [-0.3, -0.25) is 5.10 Å². The zero-order chi connectivity index (χ0) is 17.0. The molecular weight excluding hydrogens is 378 g/mol. The van der Waals surface area contributed by atoms with E-state index in [1.165, 1.54) is 7.11 Å². The molecule has 7 nitrogen and oxygen atoms in total. The first-order chi connectivity index (χ1) is 11.5. The summed E-state index contributed by atoms with van der Waals surface area (Å²) in [6.45, 7) is 2.04. The molecule has 0 saturated heterocycles. The topological polar surface area (TPSA) is 96.5 Å². The van der Waals surface area contributed by atoms with Crippen LogP contribution in [0.2, 0.25) is 0 Å². The van der Waals surface area contributed by atoms with E-state index in [1.807, 2.05) is 6.92 Å². The number of aromatic hydroxyl groups is 1. The lowest BCUT2D eigenvalue weighted by atomic mass is 9.81. The molecule has 0 spiro atoms. The predicted octanol–water partition coefficient (Wildman–Crippen LogP) is 2.56. The van der Waals surface area contributed by atoms with Crippen molar-refractivity contribution in [1.29, 1.82) is 0 Å². The number of anilines is 1. The number of phenols is 1. The molecule has 2 aromatic rings. The van der Waals surface area contributed by atoms with E-state index in [9.17, 15) is 9.90 Å². The first-order valence-electron chi connectivity index (χ1n) is 7.29. The van der Waals surface area contributed by atoms with Gasteiger partial charge in [0.2, 0.25) is 0 Å². The van der Waals surface area contributed by atoms with Crippen LogP contribution in [-0.2, 0) is 9.53 Å². The Hall–Kier alpha value is -2.48. The Kier molecular flexibility index (Phi) is 3.31. The second-order valence-electron chi connectivity index (χ2n) is 5.68. The highest BCUT2D eigenvalue weighted by Crippen LogP contribution is 2.49. The van der Waals surface area contributed by atoms with Gasteiger partial charge in [-0.05, 0) is 19.1 Å². The highest BCUT2D eigenvalue weighted by atomic mass is 79.9. The van der Waals surface area contributed by atoms with E-state index < -0.39 is 11.9 Å². The number of fused-ring (bicyclic) bond motifs is 1. The van der Waals surface area contributed by atoms with Crippen LogP contribution in [0.25, 0.3) is 0 Å². The quantitative estimate of drug-likeness (QED) is 0.680. The van der Waals surface area contributed by atoms with Crippen LogP contribution < -0.4 is 10.1 Å². The van der Waals surface area contributed by atoms with E-state index in [1.54, 1.807) is 12.1 Å². The minimum absolute atomic E-state index is 0.00861. The number of nitrogens with zero attached hydrogens (tertiary/aromatic N) is 1. The minimum Gasteiger partial charge on any atom is -0.504 e. The molecule has 0 aliphatic carbocycles. The molecule has 1 aromatic heterocycles. The Morgan fingerprint density at radius 3 is 3.00 bits per heavy atom. The summed E-state index contributed by atoms with van der Waals surface area (Å²) in [6.07, 6.45) is 0. The normalized spacial score (nSPS) is 18.8. The molecule has 0 bridgehead atoms. The molecular formula is C16H14BrN3O4. The van der Waals surface area contributed by atoms with Gasteiger partial charge in [0.1, 0.15) is 6.61 Å². The molecule has 1 unspecified atom stereocenters. The number of esters is 1. The van der Waals surface area contributed by atoms with Gasteiger partial charge in [-0.2, -0.15) is 5.10 Å². The van der Waals surface area contributed by atoms with Gasteiger partial charge in [-0.15, -0.1) is 0 Å². The van der Waals surface area contributed by atoms with E-state index >= 15 is 0 Å². The van der Waals surface area contributed by atoms with E-state index in [0.717, 1.165) is 15.7 Å². The number of benzene rings is 1. The Morgan fingerprint density at radius 1 is 1.46 bits per heavy atom. The van der Waals surface area contributed by atoms with Crippen molar-refractivity contribution in [2.45, 2.75) is 12.8 Å². The van der Waals surface area contributed by atoms with Crippen LogP contribution in [0.4, 0.5) is 5.82 Å². The number of hydrogen-bond donors (Lipinski definition) is 3. The Morgan fingerprint density at radius 2 is 2.25 bits per heavy atom. The number of nitrogens with one attached hydrogen (secondary N) is 2. The summed E-state index contributed by atoms with van der Waals surface area (Å²) < 4.78 is 11.2. The van der Waals surface area contributed by atoms with E-state index in [0.29, 0.717) is 28.4 Å². The number of rotatable bonds is 2. The number of methoxy groups -OCH3 is 1. The fraction of sp³-hybridized carbons (Fsp3) is 0.250. The lowest BCUT2D eigenvalue weighted by Crippen LogP contribution is -2.20. The maximum absolute atomic E-state index is 12.3. The number of carbonyl (C=O) groups is 1. The predicted molar refractivity (Wildman–Crippen MR) is 89.1 cm³/mol. The summed E-state index contributed by atoms with van der Waals surface area (Å²) in [5.41, 5.74) is 3.33. The molecule has 8 heteroatoms. The summed E-state index contributed by atoms with van der Waals surface area (Å²) >= 11 is 3.43. The van der Waals surface area contributed by atoms with Gasteiger partial charge in [0.05, 0.1) is 24.3 Å². The number of halogens is 1. The maximum atomic E-state index is 12.3. The van der Waals surface area contributed by atoms with Crippen molar-refractivity contribution < 1.29 is 19.4 Å². The SMILES string of the molecule is COc1cc(Br)cc(C2C3=C(COC3=O)Nc3n[nH]c(C)c32)c1O. The summed E-state index contributed by atoms with van der Waals surface area (Å²) in [7, 11) is 1.48. The number of phenolic OH excluding ortho intramolecular Hbond substituents is 1. The average Bonchev–Trinajstić information content (AvgIpc) is 3.11. The smallest absolute Gasteiger partial charge is 0.337 e. The lowest BCUT2D eigenvalue weighted by Gasteiger charge is -2.25. The van der Waals surface area contributed by atoms with Crippen molar-refractivity contribution in [2.75, 3.05) is 19.0 Å². The van der Waals surface area contributed by atoms with Crippen molar-refractivity contribution in [3.63, 3.8) is 0 Å². The van der Waals surface area contributed by atoms with E-state index in [2.05, 4.69) is 31.4 Å². The van der Waals surface area contributed by atoms with Crippen LogP contribution in [0.15, 0.2) is 27.9 Å². The summed E-state index contributed by atoms with van der Waals surface area (Å²) in [5.74, 6) is 0.0659. The number of cyclic esters (lactones) is 1. The van der Waals surface area contributed by atoms with E-state index in [4.69, 9.17) is 9.47 Å². The van der Waals surface area contributed by atoms with Gasteiger partial charge < -0.3 is 19.9 Å². The fourth-order valence-corrected chi connectivity index (χ4v) is 3.72. The van der Waals surface area contributed by atoms with Crippen LogP contribution in [0.1, 0.15) is 22.7 Å². The number of carbonyl (C=O) groups excluding carboxylic acids is 1. The molecule has 24 heavy (non-hydrogen) atoms. The molecule has 1 aromatic carbocycles. The number of aryl methyl sites for hydroxylation is 1. The van der Waals surface area contributed by atoms with Gasteiger partial charge in [0.15, 0.2) is 17.3 Å². The Bertz CT molecular complexity index is 903. The zero-order valence-corrected chi connectivity index (χ0v) is 14.5. The molecule has 2 aliphatic heterocycles. The first-order valence-corrected chi connectivity index (χ1v) is 8.09. The van der Waals surface area contributed by atoms with Crippen molar-refractivity contribution in [3.05, 3.63) is 44.7 Å². The number of aromatic nitrogens is 2. The Balaban J connectivity index is 2.00. The van der Waals surface area contributed by atoms with Crippen LogP contribution in [0.3, 0.4) is 0 Å². The van der Waals surface area contributed by atoms with Gasteiger partial charge in [0, 0.05) is 21.3 Å². The molecule has 2 aliphatic rings. The van der Waals surface area contributed by atoms with Gasteiger partial charge >= 0.3 is 5.97 Å². The lowest BCUT2D eigenvalue weighted by molar-refractivity contribution is -0.136. The van der Waals surface area contributed by atoms with Crippen molar-refractivity contribution in [3.8, 4) is 11.5 Å². The average molecular weight is 392 g/mol. The monoisotopic (exact) mass is 391 g/mol. The van der Waals surface area contributed by atoms with Gasteiger partial charge in [-0.1, -0.05) is 15.9 Å².